The Kier molecular flexibility index (Phi) is 11.1. The number of carbonyl (C=O) groups excluding carboxylic acids is 4. The van der Waals surface area contributed by atoms with Gasteiger partial charge in [0.25, 0.3) is 0 Å². The average Bonchev–Trinajstić information content (AvgIpc) is 3.09. The Morgan fingerprint density at radius 2 is 1.57 bits per heavy atom. The molecule has 0 radical (unpaired) electrons. The highest BCUT2D eigenvalue weighted by Crippen LogP contribution is 2.28. The Labute approximate surface area is 294 Å². The third-order valence-corrected chi connectivity index (χ3v) is 11.1. The summed E-state index contributed by atoms with van der Waals surface area (Å²) in [5.74, 6) is -0.408. The van der Waals surface area contributed by atoms with Gasteiger partial charge in [-0.3, -0.25) is 9.59 Å². The number of hydrogen-bond donors (Lipinski definition) is 3. The van der Waals surface area contributed by atoms with Crippen molar-refractivity contribution in [2.45, 2.75) is 76.0 Å². The van der Waals surface area contributed by atoms with E-state index < -0.39 is 12.1 Å². The fourth-order valence-electron chi connectivity index (χ4n) is 7.31. The number of rotatable bonds is 7. The molecule has 3 saturated heterocycles. The number of halogens is 2. The van der Waals surface area contributed by atoms with Crippen LogP contribution in [0.5, 0.6) is 0 Å². The zero-order valence-electron chi connectivity index (χ0n) is 26.6. The fraction of sp³-hybridized carbons (Fsp3) is 0.529. The van der Waals surface area contributed by atoms with Gasteiger partial charge in [-0.25, -0.2) is 9.59 Å². The molecule has 6 amide bonds. The van der Waals surface area contributed by atoms with Gasteiger partial charge in [-0.05, 0) is 104 Å². The highest BCUT2D eigenvalue weighted by molar-refractivity contribution is 14.1. The first-order chi connectivity index (χ1) is 22.7. The van der Waals surface area contributed by atoms with Crippen LogP contribution >= 0.6 is 34.2 Å². The number of urea groups is 2. The smallest absolute Gasteiger partial charge is 0.322 e. The van der Waals surface area contributed by atoms with Gasteiger partial charge in [0.05, 0.1) is 12.1 Å². The molecule has 2 aromatic rings. The predicted octanol–water partition coefficient (Wildman–Crippen LogP) is 5.34. The number of nitrogens with zero attached hydrogens (tertiary/aromatic N) is 4. The molecule has 0 bridgehead atoms. The molecule has 4 aliphatic heterocycles. The quantitative estimate of drug-likeness (QED) is 0.329. The Bertz CT molecular complexity index is 1470. The summed E-state index contributed by atoms with van der Waals surface area (Å²) >= 11 is 8.18. The third-order valence-electron chi connectivity index (χ3n) is 9.96. The molecule has 252 valence electrons. The van der Waals surface area contributed by atoms with Crippen molar-refractivity contribution in [2.75, 3.05) is 49.9 Å². The highest BCUT2D eigenvalue weighted by atomic mass is 127. The molecule has 0 aliphatic carbocycles. The topological polar surface area (TPSA) is 117 Å². The molecule has 47 heavy (non-hydrogen) atoms. The van der Waals surface area contributed by atoms with Crippen molar-refractivity contribution in [3.63, 3.8) is 0 Å². The molecule has 0 aromatic heterocycles. The number of benzene rings is 2. The van der Waals surface area contributed by atoms with Gasteiger partial charge in [0.15, 0.2) is 0 Å². The number of likely N-dealkylation sites (tertiary alicyclic amines) is 3. The first-order valence-corrected chi connectivity index (χ1v) is 18.2. The molecule has 13 heteroatoms. The van der Waals surface area contributed by atoms with E-state index in [4.69, 9.17) is 11.6 Å². The molecule has 11 nitrogen and oxygen atoms in total. The summed E-state index contributed by atoms with van der Waals surface area (Å²) in [7, 11) is 0. The largest absolute Gasteiger partial charge is 0.342 e. The summed E-state index contributed by atoms with van der Waals surface area (Å²) < 4.78 is 0.762. The van der Waals surface area contributed by atoms with Gasteiger partial charge in [0.2, 0.25) is 11.8 Å². The number of hydrogen-bond acceptors (Lipinski definition) is 5. The molecular weight excluding hydrogens is 733 g/mol. The highest BCUT2D eigenvalue weighted by Gasteiger charge is 2.36. The van der Waals surface area contributed by atoms with Gasteiger partial charge in [0.1, 0.15) is 6.04 Å². The van der Waals surface area contributed by atoms with E-state index in [-0.39, 0.29) is 30.3 Å². The molecular formula is C34H43ClIN7O4. The van der Waals surface area contributed by atoms with Crippen LogP contribution in [-0.2, 0) is 16.1 Å². The maximum atomic E-state index is 13.9. The van der Waals surface area contributed by atoms with Crippen LogP contribution in [0.3, 0.4) is 0 Å². The lowest BCUT2D eigenvalue weighted by Crippen LogP contribution is -2.56. The molecule has 6 rings (SSSR count). The van der Waals surface area contributed by atoms with E-state index in [0.29, 0.717) is 62.3 Å². The van der Waals surface area contributed by atoms with Crippen LogP contribution in [0.25, 0.3) is 0 Å². The number of anilines is 2. The minimum Gasteiger partial charge on any atom is -0.342 e. The zero-order chi connectivity index (χ0) is 32.9. The summed E-state index contributed by atoms with van der Waals surface area (Å²) in [5.41, 5.74) is 2.48. The summed E-state index contributed by atoms with van der Waals surface area (Å²) in [6.45, 7) is 4.95. The Balaban J connectivity index is 1.08. The van der Waals surface area contributed by atoms with Crippen molar-refractivity contribution in [1.82, 2.24) is 24.9 Å². The SMILES string of the molecule is O=C(Nc1ccc(Cl)cc1I)N[C@@H](CC(=O)N1CCC(N2Cc3ccccc3NC2=O)CC1)C(=O)N1CCC(N2CCCCC2)CC1. The van der Waals surface area contributed by atoms with Crippen molar-refractivity contribution < 1.29 is 19.2 Å². The van der Waals surface area contributed by atoms with Gasteiger partial charge in [-0.2, -0.15) is 0 Å². The van der Waals surface area contributed by atoms with E-state index in [1.807, 2.05) is 34.1 Å². The average molecular weight is 776 g/mol. The number of carbonyl (C=O) groups is 4. The number of fused-ring (bicyclic) bond motifs is 1. The zero-order valence-corrected chi connectivity index (χ0v) is 29.5. The lowest BCUT2D eigenvalue weighted by Gasteiger charge is -2.41. The first-order valence-electron chi connectivity index (χ1n) is 16.7. The number of piperidine rings is 3. The molecule has 4 heterocycles. The van der Waals surface area contributed by atoms with E-state index in [1.165, 1.54) is 19.3 Å². The van der Waals surface area contributed by atoms with Crippen LogP contribution in [0.1, 0.15) is 56.9 Å². The van der Waals surface area contributed by atoms with Crippen LogP contribution in [-0.4, -0.2) is 101 Å². The van der Waals surface area contributed by atoms with Crippen LogP contribution in [0.15, 0.2) is 42.5 Å². The molecule has 3 N–H and O–H groups in total. The van der Waals surface area contributed by atoms with Gasteiger partial charge in [0, 0.05) is 59.1 Å². The van der Waals surface area contributed by atoms with Gasteiger partial charge in [-0.15, -0.1) is 0 Å². The summed E-state index contributed by atoms with van der Waals surface area (Å²) in [6.07, 6.45) is 6.69. The van der Waals surface area contributed by atoms with Crippen molar-refractivity contribution in [2.24, 2.45) is 0 Å². The molecule has 3 fully saturated rings. The molecule has 0 saturated carbocycles. The van der Waals surface area contributed by atoms with Crippen molar-refractivity contribution in [3.05, 3.63) is 56.6 Å². The first kappa shape index (κ1) is 33.8. The van der Waals surface area contributed by atoms with Crippen molar-refractivity contribution >= 4 is 69.4 Å². The number of nitrogens with one attached hydrogen (secondary N) is 3. The van der Waals surface area contributed by atoms with Crippen molar-refractivity contribution in [3.8, 4) is 0 Å². The minimum absolute atomic E-state index is 0.0109. The van der Waals surface area contributed by atoms with Crippen LogP contribution in [0, 0.1) is 3.57 Å². The van der Waals surface area contributed by atoms with Crippen LogP contribution in [0.2, 0.25) is 5.02 Å². The van der Waals surface area contributed by atoms with Gasteiger partial charge >= 0.3 is 12.1 Å². The van der Waals surface area contributed by atoms with Crippen molar-refractivity contribution in [1.29, 1.82) is 0 Å². The molecule has 4 aliphatic rings. The normalized spacial score (nSPS) is 20.3. The molecule has 0 unspecified atom stereocenters. The predicted molar refractivity (Wildman–Crippen MR) is 190 cm³/mol. The Morgan fingerprint density at radius 1 is 0.894 bits per heavy atom. The van der Waals surface area contributed by atoms with E-state index in [9.17, 15) is 19.2 Å². The fourth-order valence-corrected chi connectivity index (χ4v) is 8.32. The van der Waals surface area contributed by atoms with E-state index >= 15 is 0 Å². The van der Waals surface area contributed by atoms with Crippen LogP contribution in [0.4, 0.5) is 21.0 Å². The van der Waals surface area contributed by atoms with E-state index in [1.54, 1.807) is 23.1 Å². The lowest BCUT2D eigenvalue weighted by molar-refractivity contribution is -0.140. The minimum atomic E-state index is -0.999. The van der Waals surface area contributed by atoms with Crippen LogP contribution < -0.4 is 16.0 Å². The maximum absolute atomic E-state index is 13.9. The number of amides is 6. The van der Waals surface area contributed by atoms with E-state index in [2.05, 4.69) is 43.4 Å². The second kappa shape index (κ2) is 15.4. The summed E-state index contributed by atoms with van der Waals surface area (Å²) in [6, 6.07) is 11.8. The maximum Gasteiger partial charge on any atom is 0.322 e. The Morgan fingerprint density at radius 3 is 2.30 bits per heavy atom. The second-order valence-corrected chi connectivity index (χ2v) is 14.6. The number of para-hydroxylation sites is 1. The van der Waals surface area contributed by atoms with E-state index in [0.717, 1.165) is 40.8 Å². The lowest BCUT2D eigenvalue weighted by atomic mass is 9.98. The molecule has 0 spiro atoms. The molecule has 1 atom stereocenters. The third kappa shape index (κ3) is 8.32. The molecule has 2 aromatic carbocycles. The van der Waals surface area contributed by atoms with Gasteiger partial charge < -0.3 is 35.6 Å². The summed E-state index contributed by atoms with van der Waals surface area (Å²) in [5, 5.41) is 9.19. The summed E-state index contributed by atoms with van der Waals surface area (Å²) in [4.78, 5) is 61.6. The monoisotopic (exact) mass is 775 g/mol. The Hall–Kier alpha value is -3.10. The van der Waals surface area contributed by atoms with Gasteiger partial charge in [-0.1, -0.05) is 36.2 Å². The standard InChI is InChI=1S/C34H43ClIN7O4/c35-24-8-9-29(27(36)20-24)37-33(46)38-30(32(45)42-18-10-25(11-19-42)40-14-4-1-5-15-40)21-31(44)41-16-12-26(13-17-41)43-22-23-6-2-3-7-28(23)39-34(43)47/h2-3,6-9,20,25-26,30H,1,4-5,10-19,21-22H2,(H,39,47)(H2,37,38,46)/t30-/m0/s1. The second-order valence-electron chi connectivity index (χ2n) is 13.0.